The lowest BCUT2D eigenvalue weighted by atomic mass is 10.1. The minimum absolute atomic E-state index is 0.00410. The van der Waals surface area contributed by atoms with Crippen LogP contribution in [0, 0.1) is 10.1 Å². The molecule has 1 aliphatic rings. The summed E-state index contributed by atoms with van der Waals surface area (Å²) in [4.78, 5) is 13.2. The Bertz CT molecular complexity index is 728. The summed E-state index contributed by atoms with van der Waals surface area (Å²) < 4.78 is 16.1. The molecule has 1 saturated heterocycles. The Labute approximate surface area is 139 Å². The van der Waals surface area contributed by atoms with Gasteiger partial charge < -0.3 is 18.8 Å². The molecular weight excluding hydrogens is 312 g/mol. The number of hydrogen-bond donors (Lipinski definition) is 0. The number of ether oxygens (including phenoxy) is 2. The second kappa shape index (κ2) is 6.92. The van der Waals surface area contributed by atoms with Crippen LogP contribution in [0.25, 0.3) is 0 Å². The highest BCUT2D eigenvalue weighted by Crippen LogP contribution is 2.44. The summed E-state index contributed by atoms with van der Waals surface area (Å²) in [5.41, 5.74) is 0.558. The van der Waals surface area contributed by atoms with Crippen molar-refractivity contribution in [2.75, 3.05) is 25.7 Å². The minimum Gasteiger partial charge on any atom is -0.490 e. The van der Waals surface area contributed by atoms with Crippen molar-refractivity contribution in [1.29, 1.82) is 0 Å². The van der Waals surface area contributed by atoms with Crippen molar-refractivity contribution in [1.82, 2.24) is 0 Å². The van der Waals surface area contributed by atoms with Gasteiger partial charge in [-0.2, -0.15) is 0 Å². The zero-order chi connectivity index (χ0) is 17.1. The summed E-state index contributed by atoms with van der Waals surface area (Å²) in [7, 11) is 3.06. The van der Waals surface area contributed by atoms with E-state index in [1.807, 2.05) is 17.0 Å². The van der Waals surface area contributed by atoms with Gasteiger partial charge in [0.1, 0.15) is 23.8 Å². The second-order valence-corrected chi connectivity index (χ2v) is 5.67. The molecular formula is C17H20N2O5. The van der Waals surface area contributed by atoms with Crippen LogP contribution in [-0.2, 0) is 11.3 Å². The van der Waals surface area contributed by atoms with Gasteiger partial charge in [0.15, 0.2) is 5.75 Å². The predicted molar refractivity (Wildman–Crippen MR) is 88.4 cm³/mol. The Morgan fingerprint density at radius 3 is 2.88 bits per heavy atom. The molecule has 24 heavy (non-hydrogen) atoms. The summed E-state index contributed by atoms with van der Waals surface area (Å²) in [6, 6.07) is 8.92. The molecule has 0 radical (unpaired) electrons. The van der Waals surface area contributed by atoms with Crippen LogP contribution in [0.3, 0.4) is 0 Å². The van der Waals surface area contributed by atoms with Gasteiger partial charge in [-0.15, -0.1) is 0 Å². The van der Waals surface area contributed by atoms with E-state index in [0.29, 0.717) is 12.3 Å². The molecule has 2 aromatic rings. The number of furan rings is 1. The monoisotopic (exact) mass is 332 g/mol. The molecule has 0 unspecified atom stereocenters. The maximum Gasteiger partial charge on any atom is 0.333 e. The molecule has 0 N–H and O–H groups in total. The van der Waals surface area contributed by atoms with E-state index in [2.05, 4.69) is 0 Å². The van der Waals surface area contributed by atoms with E-state index in [-0.39, 0.29) is 22.4 Å². The van der Waals surface area contributed by atoms with Crippen molar-refractivity contribution in [3.8, 4) is 5.75 Å². The van der Waals surface area contributed by atoms with Crippen molar-refractivity contribution in [2.24, 2.45) is 0 Å². The molecule has 0 amide bonds. The quantitative estimate of drug-likeness (QED) is 0.593. The zero-order valence-corrected chi connectivity index (χ0v) is 13.7. The van der Waals surface area contributed by atoms with E-state index in [0.717, 1.165) is 30.9 Å². The van der Waals surface area contributed by atoms with Gasteiger partial charge in [-0.05, 0) is 37.1 Å². The third-order valence-corrected chi connectivity index (χ3v) is 4.24. The molecule has 128 valence electrons. The van der Waals surface area contributed by atoms with Crippen LogP contribution in [0.1, 0.15) is 30.4 Å². The predicted octanol–water partition coefficient (Wildman–Crippen LogP) is 3.68. The molecule has 3 rings (SSSR count). The first-order valence-corrected chi connectivity index (χ1v) is 7.81. The molecule has 0 aliphatic carbocycles. The van der Waals surface area contributed by atoms with Gasteiger partial charge in [0.05, 0.1) is 18.1 Å². The normalized spacial score (nSPS) is 17.2. The van der Waals surface area contributed by atoms with Crippen molar-refractivity contribution in [2.45, 2.75) is 25.5 Å². The molecule has 0 bridgehead atoms. The van der Waals surface area contributed by atoms with Crippen LogP contribution >= 0.6 is 0 Å². The number of para-hydroxylation sites is 1. The third-order valence-electron chi connectivity index (χ3n) is 4.24. The highest BCUT2D eigenvalue weighted by atomic mass is 16.6. The Morgan fingerprint density at radius 1 is 1.33 bits per heavy atom. The second-order valence-electron chi connectivity index (χ2n) is 5.67. The van der Waals surface area contributed by atoms with E-state index >= 15 is 0 Å². The van der Waals surface area contributed by atoms with Crippen LogP contribution in [0.2, 0.25) is 0 Å². The van der Waals surface area contributed by atoms with Gasteiger partial charge in [-0.25, -0.2) is 0 Å². The van der Waals surface area contributed by atoms with E-state index < -0.39 is 0 Å². The van der Waals surface area contributed by atoms with Crippen LogP contribution in [0.15, 0.2) is 34.7 Å². The van der Waals surface area contributed by atoms with Crippen molar-refractivity contribution < 1.29 is 18.8 Å². The first kappa shape index (κ1) is 16.3. The number of hydrogen-bond acceptors (Lipinski definition) is 6. The Morgan fingerprint density at radius 2 is 2.17 bits per heavy atom. The Kier molecular flexibility index (Phi) is 4.71. The number of nitrogens with zero attached hydrogens (tertiary/aromatic N) is 2. The standard InChI is InChI=1S/C17H20N2O5/c1-22-11-12-8-9-15(24-12)13-6-4-10-18(13)14-5-3-7-16(23-2)17(14)19(20)21/h3,5,7-9,13H,4,6,10-11H2,1-2H3/t13-/m0/s1. The molecule has 1 aromatic carbocycles. The van der Waals surface area contributed by atoms with Crippen LogP contribution in [-0.4, -0.2) is 25.7 Å². The van der Waals surface area contributed by atoms with Gasteiger partial charge in [0.25, 0.3) is 0 Å². The summed E-state index contributed by atoms with van der Waals surface area (Å²) in [5.74, 6) is 1.82. The van der Waals surface area contributed by atoms with E-state index in [4.69, 9.17) is 13.9 Å². The fourth-order valence-electron chi connectivity index (χ4n) is 3.24. The molecule has 2 heterocycles. The summed E-state index contributed by atoms with van der Waals surface area (Å²) in [6.45, 7) is 1.14. The van der Waals surface area contributed by atoms with Crippen molar-refractivity contribution >= 4 is 11.4 Å². The molecule has 0 saturated carbocycles. The van der Waals surface area contributed by atoms with Gasteiger partial charge >= 0.3 is 5.69 Å². The van der Waals surface area contributed by atoms with Gasteiger partial charge in [0.2, 0.25) is 0 Å². The molecule has 1 fully saturated rings. The average molecular weight is 332 g/mol. The average Bonchev–Trinajstić information content (AvgIpc) is 3.23. The number of benzene rings is 1. The molecule has 1 atom stereocenters. The van der Waals surface area contributed by atoms with Crippen LogP contribution < -0.4 is 9.64 Å². The highest BCUT2D eigenvalue weighted by Gasteiger charge is 2.34. The SMILES string of the molecule is COCc1ccc([C@@H]2CCCN2c2cccc(OC)c2[N+](=O)[O-])o1. The topological polar surface area (TPSA) is 78.0 Å². The molecule has 7 heteroatoms. The Hall–Kier alpha value is -2.54. The smallest absolute Gasteiger partial charge is 0.333 e. The largest absolute Gasteiger partial charge is 0.490 e. The molecule has 1 aromatic heterocycles. The maximum absolute atomic E-state index is 11.5. The summed E-state index contributed by atoms with van der Waals surface area (Å²) in [5, 5.41) is 11.5. The molecule has 0 spiro atoms. The number of nitro groups is 1. The first-order chi connectivity index (χ1) is 11.7. The number of rotatable bonds is 6. The van der Waals surface area contributed by atoms with Gasteiger partial charge in [-0.1, -0.05) is 6.07 Å². The summed E-state index contributed by atoms with van der Waals surface area (Å²) in [6.07, 6.45) is 1.83. The lowest BCUT2D eigenvalue weighted by molar-refractivity contribution is -0.385. The van der Waals surface area contributed by atoms with Gasteiger partial charge in [0, 0.05) is 13.7 Å². The van der Waals surface area contributed by atoms with Crippen LogP contribution in [0.4, 0.5) is 11.4 Å². The third kappa shape index (κ3) is 2.94. The van der Waals surface area contributed by atoms with Crippen molar-refractivity contribution in [3.05, 3.63) is 52.0 Å². The highest BCUT2D eigenvalue weighted by molar-refractivity contribution is 5.70. The van der Waals surface area contributed by atoms with Crippen LogP contribution in [0.5, 0.6) is 5.75 Å². The minimum atomic E-state index is -0.387. The first-order valence-electron chi connectivity index (χ1n) is 7.81. The lowest BCUT2D eigenvalue weighted by Crippen LogP contribution is -2.23. The fourth-order valence-corrected chi connectivity index (χ4v) is 3.24. The van der Waals surface area contributed by atoms with E-state index in [1.54, 1.807) is 25.3 Å². The Balaban J connectivity index is 1.97. The number of methoxy groups -OCH3 is 2. The van der Waals surface area contributed by atoms with Crippen molar-refractivity contribution in [3.63, 3.8) is 0 Å². The fraction of sp³-hybridized carbons (Fsp3) is 0.412. The van der Waals surface area contributed by atoms with E-state index in [1.165, 1.54) is 7.11 Å². The number of anilines is 1. The summed E-state index contributed by atoms with van der Waals surface area (Å²) >= 11 is 0. The van der Waals surface area contributed by atoms with E-state index in [9.17, 15) is 10.1 Å². The molecule has 1 aliphatic heterocycles. The number of nitro benzene ring substituents is 1. The van der Waals surface area contributed by atoms with Gasteiger partial charge in [-0.3, -0.25) is 10.1 Å². The zero-order valence-electron chi connectivity index (χ0n) is 13.7. The maximum atomic E-state index is 11.5. The molecule has 7 nitrogen and oxygen atoms in total. The lowest BCUT2D eigenvalue weighted by Gasteiger charge is -2.25.